The fraction of sp³-hybridized carbons (Fsp3) is 0.500. The van der Waals surface area contributed by atoms with Crippen LogP contribution in [0.4, 0.5) is 5.69 Å². The Kier molecular flexibility index (Phi) is 4.74. The van der Waals surface area contributed by atoms with E-state index in [4.69, 9.17) is 11.6 Å². The van der Waals surface area contributed by atoms with Crippen LogP contribution >= 0.6 is 11.6 Å². The van der Waals surface area contributed by atoms with Gasteiger partial charge >= 0.3 is 0 Å². The maximum absolute atomic E-state index is 10.7. The summed E-state index contributed by atoms with van der Waals surface area (Å²) < 4.78 is 0. The minimum atomic E-state index is -0.336. The van der Waals surface area contributed by atoms with Gasteiger partial charge in [-0.2, -0.15) is 0 Å². The molecule has 0 saturated carbocycles. The fourth-order valence-electron chi connectivity index (χ4n) is 1.65. The minimum Gasteiger partial charge on any atom is -0.258 e. The lowest BCUT2D eigenvalue weighted by Gasteiger charge is -2.08. The molecule has 0 aliphatic heterocycles. The largest absolute Gasteiger partial charge is 0.272 e. The number of rotatable bonds is 5. The van der Waals surface area contributed by atoms with E-state index in [2.05, 4.69) is 0 Å². The molecule has 1 atom stereocenters. The predicted octanol–water partition coefficient (Wildman–Crippen LogP) is 3.85. The van der Waals surface area contributed by atoms with Crippen molar-refractivity contribution in [3.63, 3.8) is 0 Å². The highest BCUT2D eigenvalue weighted by Crippen LogP contribution is 2.23. The molecular weight excluding hydrogens is 226 g/mol. The zero-order chi connectivity index (χ0) is 12.1. The third-order valence-electron chi connectivity index (χ3n) is 2.78. The van der Waals surface area contributed by atoms with Crippen LogP contribution in [0.2, 0.25) is 0 Å². The minimum absolute atomic E-state index is 0.152. The summed E-state index contributed by atoms with van der Waals surface area (Å²) in [6.07, 6.45) is 2.59. The number of hydrogen-bond donors (Lipinski definition) is 0. The second-order valence-corrected chi connectivity index (χ2v) is 4.48. The van der Waals surface area contributed by atoms with Crippen LogP contribution in [0.5, 0.6) is 0 Å². The van der Waals surface area contributed by atoms with Crippen molar-refractivity contribution in [3.8, 4) is 0 Å². The molecule has 0 aromatic heterocycles. The van der Waals surface area contributed by atoms with E-state index in [9.17, 15) is 10.1 Å². The standard InChI is InChI=1S/C12H16ClNO2/c1-3-11(13)8-7-10-5-4-6-12(9(10)2)14(15)16/h4-6,11H,3,7-8H2,1-2H3. The lowest BCUT2D eigenvalue weighted by atomic mass is 10.0. The molecule has 1 unspecified atom stereocenters. The van der Waals surface area contributed by atoms with Crippen LogP contribution in [0.3, 0.4) is 0 Å². The van der Waals surface area contributed by atoms with E-state index < -0.39 is 0 Å². The van der Waals surface area contributed by atoms with Gasteiger partial charge in [0.2, 0.25) is 0 Å². The van der Waals surface area contributed by atoms with Crippen LogP contribution in [-0.4, -0.2) is 10.3 Å². The average molecular weight is 242 g/mol. The van der Waals surface area contributed by atoms with Gasteiger partial charge < -0.3 is 0 Å². The van der Waals surface area contributed by atoms with Crippen molar-refractivity contribution in [1.82, 2.24) is 0 Å². The van der Waals surface area contributed by atoms with E-state index in [1.54, 1.807) is 13.0 Å². The Balaban J connectivity index is 2.81. The van der Waals surface area contributed by atoms with Crippen LogP contribution in [0.1, 0.15) is 30.9 Å². The van der Waals surface area contributed by atoms with Crippen LogP contribution < -0.4 is 0 Å². The molecule has 0 spiro atoms. The molecule has 0 saturated heterocycles. The maximum Gasteiger partial charge on any atom is 0.272 e. The lowest BCUT2D eigenvalue weighted by Crippen LogP contribution is -2.01. The average Bonchev–Trinajstić information content (AvgIpc) is 2.26. The van der Waals surface area contributed by atoms with Gasteiger partial charge in [0.05, 0.1) is 4.92 Å². The summed E-state index contributed by atoms with van der Waals surface area (Å²) >= 11 is 6.04. The number of alkyl halides is 1. The van der Waals surface area contributed by atoms with Crippen molar-refractivity contribution < 1.29 is 4.92 Å². The number of aryl methyl sites for hydroxylation is 1. The molecule has 1 aromatic rings. The van der Waals surface area contributed by atoms with E-state index in [0.29, 0.717) is 0 Å². The molecule has 88 valence electrons. The molecule has 4 heteroatoms. The summed E-state index contributed by atoms with van der Waals surface area (Å²) in [5.41, 5.74) is 1.97. The second kappa shape index (κ2) is 5.85. The molecular formula is C12H16ClNO2. The molecule has 16 heavy (non-hydrogen) atoms. The Morgan fingerprint density at radius 2 is 2.19 bits per heavy atom. The molecule has 0 radical (unpaired) electrons. The molecule has 1 rings (SSSR count). The third-order valence-corrected chi connectivity index (χ3v) is 3.31. The number of nitro benzene ring substituents is 1. The van der Waals surface area contributed by atoms with Crippen molar-refractivity contribution in [3.05, 3.63) is 39.4 Å². The van der Waals surface area contributed by atoms with Crippen LogP contribution in [0.25, 0.3) is 0 Å². The van der Waals surface area contributed by atoms with Gasteiger partial charge in [-0.15, -0.1) is 11.6 Å². The molecule has 0 aliphatic carbocycles. The third kappa shape index (κ3) is 3.20. The van der Waals surface area contributed by atoms with Gasteiger partial charge in [-0.05, 0) is 31.7 Å². The Bertz CT molecular complexity index is 379. The van der Waals surface area contributed by atoms with Crippen LogP contribution in [0, 0.1) is 17.0 Å². The fourth-order valence-corrected chi connectivity index (χ4v) is 1.76. The van der Waals surface area contributed by atoms with Gasteiger partial charge in [-0.25, -0.2) is 0 Å². The van der Waals surface area contributed by atoms with Gasteiger partial charge in [0.1, 0.15) is 0 Å². The molecule has 0 heterocycles. The maximum atomic E-state index is 10.7. The number of benzene rings is 1. The summed E-state index contributed by atoms with van der Waals surface area (Å²) in [5, 5.41) is 10.9. The van der Waals surface area contributed by atoms with E-state index in [1.807, 2.05) is 13.0 Å². The first kappa shape index (κ1) is 13.0. The van der Waals surface area contributed by atoms with E-state index in [1.165, 1.54) is 6.07 Å². The Hall–Kier alpha value is -1.09. The Labute approximate surface area is 101 Å². The van der Waals surface area contributed by atoms with Gasteiger partial charge in [0, 0.05) is 17.0 Å². The van der Waals surface area contributed by atoms with Crippen LogP contribution in [-0.2, 0) is 6.42 Å². The molecule has 0 fully saturated rings. The normalized spacial score (nSPS) is 12.4. The molecule has 0 amide bonds. The van der Waals surface area contributed by atoms with Crippen molar-refractivity contribution in [1.29, 1.82) is 0 Å². The molecule has 0 bridgehead atoms. The summed E-state index contributed by atoms with van der Waals surface area (Å²) in [5.74, 6) is 0. The molecule has 0 N–H and O–H groups in total. The summed E-state index contributed by atoms with van der Waals surface area (Å²) in [4.78, 5) is 10.4. The van der Waals surface area contributed by atoms with Crippen molar-refractivity contribution in [2.24, 2.45) is 0 Å². The summed E-state index contributed by atoms with van der Waals surface area (Å²) in [6, 6.07) is 5.20. The predicted molar refractivity (Wildman–Crippen MR) is 66.1 cm³/mol. The summed E-state index contributed by atoms with van der Waals surface area (Å²) in [6.45, 7) is 3.83. The Morgan fingerprint density at radius 3 is 2.75 bits per heavy atom. The van der Waals surface area contributed by atoms with Crippen molar-refractivity contribution in [2.75, 3.05) is 0 Å². The molecule has 0 aliphatic rings. The SMILES string of the molecule is CCC(Cl)CCc1cccc([N+](=O)[O-])c1C. The second-order valence-electron chi connectivity index (χ2n) is 3.86. The first-order valence-electron chi connectivity index (χ1n) is 5.43. The van der Waals surface area contributed by atoms with Gasteiger partial charge in [0.25, 0.3) is 5.69 Å². The van der Waals surface area contributed by atoms with E-state index in [-0.39, 0.29) is 16.0 Å². The highest BCUT2D eigenvalue weighted by molar-refractivity contribution is 6.20. The van der Waals surface area contributed by atoms with Gasteiger partial charge in [0.15, 0.2) is 0 Å². The van der Waals surface area contributed by atoms with Crippen molar-refractivity contribution in [2.45, 2.75) is 38.5 Å². The topological polar surface area (TPSA) is 43.1 Å². The monoisotopic (exact) mass is 241 g/mol. The zero-order valence-electron chi connectivity index (χ0n) is 9.57. The van der Waals surface area contributed by atoms with Crippen LogP contribution in [0.15, 0.2) is 18.2 Å². The zero-order valence-corrected chi connectivity index (χ0v) is 10.3. The number of halogens is 1. The number of nitro groups is 1. The highest BCUT2D eigenvalue weighted by atomic mass is 35.5. The molecule has 3 nitrogen and oxygen atoms in total. The Morgan fingerprint density at radius 1 is 1.50 bits per heavy atom. The van der Waals surface area contributed by atoms with E-state index >= 15 is 0 Å². The van der Waals surface area contributed by atoms with Crippen molar-refractivity contribution >= 4 is 17.3 Å². The highest BCUT2D eigenvalue weighted by Gasteiger charge is 2.13. The first-order chi connectivity index (χ1) is 7.56. The van der Waals surface area contributed by atoms with E-state index in [0.717, 1.165) is 30.4 Å². The first-order valence-corrected chi connectivity index (χ1v) is 5.86. The smallest absolute Gasteiger partial charge is 0.258 e. The number of hydrogen-bond acceptors (Lipinski definition) is 2. The van der Waals surface area contributed by atoms with Gasteiger partial charge in [-0.3, -0.25) is 10.1 Å². The molecule has 1 aromatic carbocycles. The summed E-state index contributed by atoms with van der Waals surface area (Å²) in [7, 11) is 0. The lowest BCUT2D eigenvalue weighted by molar-refractivity contribution is -0.385. The van der Waals surface area contributed by atoms with Gasteiger partial charge in [-0.1, -0.05) is 19.1 Å². The number of nitrogens with zero attached hydrogens (tertiary/aromatic N) is 1. The quantitative estimate of drug-likeness (QED) is 0.446.